The molecule has 1 aromatic heterocycles. The number of halogens is 1. The lowest BCUT2D eigenvalue weighted by molar-refractivity contribution is 0.0952. The first-order chi connectivity index (χ1) is 10.1. The van der Waals surface area contributed by atoms with E-state index in [0.29, 0.717) is 27.4 Å². The Morgan fingerprint density at radius 3 is 2.95 bits per heavy atom. The van der Waals surface area contributed by atoms with Gasteiger partial charge in [-0.1, -0.05) is 19.4 Å². The summed E-state index contributed by atoms with van der Waals surface area (Å²) in [6.45, 7) is 2.92. The van der Waals surface area contributed by atoms with Gasteiger partial charge in [0.15, 0.2) is 0 Å². The quantitative estimate of drug-likeness (QED) is 0.906. The minimum Gasteiger partial charge on any atom is -0.397 e. The fourth-order valence-electron chi connectivity index (χ4n) is 3.13. The van der Waals surface area contributed by atoms with Gasteiger partial charge in [-0.2, -0.15) is 0 Å². The predicted octanol–water partition coefficient (Wildman–Crippen LogP) is 3.79. The first-order valence-electron chi connectivity index (χ1n) is 7.31. The van der Waals surface area contributed by atoms with Crippen LogP contribution < -0.4 is 11.1 Å². The number of hydrogen-bond acceptors (Lipinski definition) is 3. The number of rotatable bonds is 3. The van der Waals surface area contributed by atoms with Gasteiger partial charge in [0.25, 0.3) is 5.91 Å². The summed E-state index contributed by atoms with van der Waals surface area (Å²) in [6.07, 6.45) is 3.56. The summed E-state index contributed by atoms with van der Waals surface area (Å²) in [7, 11) is 0. The highest BCUT2D eigenvalue weighted by atomic mass is 32.1. The molecule has 1 aliphatic rings. The van der Waals surface area contributed by atoms with E-state index >= 15 is 0 Å². The maximum atomic E-state index is 13.8. The van der Waals surface area contributed by atoms with E-state index in [1.807, 2.05) is 0 Å². The van der Waals surface area contributed by atoms with Crippen molar-refractivity contribution < 1.29 is 9.18 Å². The smallest absolute Gasteiger partial charge is 0.263 e. The molecule has 0 radical (unpaired) electrons. The molecule has 0 spiro atoms. The van der Waals surface area contributed by atoms with Gasteiger partial charge in [-0.3, -0.25) is 4.79 Å². The first kappa shape index (κ1) is 14.3. The topological polar surface area (TPSA) is 55.1 Å². The van der Waals surface area contributed by atoms with Crippen LogP contribution in [0.5, 0.6) is 0 Å². The van der Waals surface area contributed by atoms with Crippen LogP contribution in [-0.2, 0) is 0 Å². The Hall–Kier alpha value is -1.62. The maximum absolute atomic E-state index is 13.8. The maximum Gasteiger partial charge on any atom is 0.263 e. The Kier molecular flexibility index (Phi) is 3.85. The zero-order valence-electron chi connectivity index (χ0n) is 12.0. The molecule has 0 aliphatic heterocycles. The molecule has 1 aliphatic carbocycles. The molecule has 1 aromatic carbocycles. The molecule has 0 saturated heterocycles. The molecule has 5 heteroatoms. The number of carbonyl (C=O) groups is 1. The number of hydrogen-bond donors (Lipinski definition) is 2. The number of amides is 1. The third kappa shape index (κ3) is 2.75. The molecular formula is C16H19FN2OS. The highest BCUT2D eigenvalue weighted by Crippen LogP contribution is 2.35. The normalized spacial score (nSPS) is 21.8. The van der Waals surface area contributed by atoms with Gasteiger partial charge in [0, 0.05) is 11.2 Å². The summed E-state index contributed by atoms with van der Waals surface area (Å²) in [5, 5.41) is 3.31. The Morgan fingerprint density at radius 1 is 1.48 bits per heavy atom. The van der Waals surface area contributed by atoms with Crippen molar-refractivity contribution in [2.24, 2.45) is 11.8 Å². The molecule has 1 heterocycles. The average Bonchev–Trinajstić information content (AvgIpc) is 3.01. The van der Waals surface area contributed by atoms with E-state index in [0.717, 1.165) is 18.8 Å². The third-order valence-corrected chi connectivity index (χ3v) is 5.43. The third-order valence-electron chi connectivity index (χ3n) is 4.26. The molecule has 2 aromatic rings. The number of nitrogen functional groups attached to an aromatic ring is 1. The predicted molar refractivity (Wildman–Crippen MR) is 85.0 cm³/mol. The SMILES string of the molecule is CC1CCC(CNC(=O)c2sc3cccc(F)c3c2N)C1. The second-order valence-electron chi connectivity index (χ2n) is 5.95. The zero-order chi connectivity index (χ0) is 15.0. The molecular weight excluding hydrogens is 287 g/mol. The van der Waals surface area contributed by atoms with Gasteiger partial charge in [-0.05, 0) is 36.8 Å². The summed E-state index contributed by atoms with van der Waals surface area (Å²) >= 11 is 1.25. The van der Waals surface area contributed by atoms with Crippen LogP contribution in [0, 0.1) is 17.7 Å². The zero-order valence-corrected chi connectivity index (χ0v) is 12.8. The molecule has 3 N–H and O–H groups in total. The van der Waals surface area contributed by atoms with E-state index in [4.69, 9.17) is 5.73 Å². The number of carbonyl (C=O) groups excluding carboxylic acids is 1. The summed E-state index contributed by atoms with van der Waals surface area (Å²) < 4.78 is 14.5. The average molecular weight is 306 g/mol. The Labute approximate surface area is 127 Å². The van der Waals surface area contributed by atoms with E-state index in [-0.39, 0.29) is 17.4 Å². The van der Waals surface area contributed by atoms with Crippen molar-refractivity contribution in [3.05, 3.63) is 28.9 Å². The van der Waals surface area contributed by atoms with E-state index in [2.05, 4.69) is 12.2 Å². The van der Waals surface area contributed by atoms with Crippen LogP contribution in [0.1, 0.15) is 35.9 Å². The summed E-state index contributed by atoms with van der Waals surface area (Å²) in [6, 6.07) is 4.79. The Bertz CT molecular complexity index is 682. The van der Waals surface area contributed by atoms with Crippen LogP contribution in [0.2, 0.25) is 0 Å². The van der Waals surface area contributed by atoms with Gasteiger partial charge in [0.1, 0.15) is 10.7 Å². The molecule has 1 amide bonds. The van der Waals surface area contributed by atoms with Crippen LogP contribution in [0.4, 0.5) is 10.1 Å². The summed E-state index contributed by atoms with van der Waals surface area (Å²) in [4.78, 5) is 12.7. The van der Waals surface area contributed by atoms with Gasteiger partial charge in [-0.15, -0.1) is 11.3 Å². The van der Waals surface area contributed by atoms with E-state index in [1.165, 1.54) is 23.8 Å². The van der Waals surface area contributed by atoms with Crippen molar-refractivity contribution in [2.45, 2.75) is 26.2 Å². The van der Waals surface area contributed by atoms with Crippen LogP contribution in [-0.4, -0.2) is 12.5 Å². The minimum atomic E-state index is -0.370. The first-order valence-corrected chi connectivity index (χ1v) is 8.12. The molecule has 1 fully saturated rings. The van der Waals surface area contributed by atoms with E-state index in [1.54, 1.807) is 12.1 Å². The Balaban J connectivity index is 1.76. The van der Waals surface area contributed by atoms with E-state index in [9.17, 15) is 9.18 Å². The highest BCUT2D eigenvalue weighted by molar-refractivity contribution is 7.21. The van der Waals surface area contributed by atoms with Crippen molar-refractivity contribution in [3.8, 4) is 0 Å². The van der Waals surface area contributed by atoms with Gasteiger partial charge in [-0.25, -0.2) is 4.39 Å². The lowest BCUT2D eigenvalue weighted by Gasteiger charge is -2.10. The molecule has 3 nitrogen and oxygen atoms in total. The number of benzene rings is 1. The van der Waals surface area contributed by atoms with Crippen molar-refractivity contribution in [2.75, 3.05) is 12.3 Å². The van der Waals surface area contributed by atoms with Crippen LogP contribution in [0.3, 0.4) is 0 Å². The second kappa shape index (κ2) is 5.64. The van der Waals surface area contributed by atoms with Gasteiger partial charge in [0.2, 0.25) is 0 Å². The molecule has 3 rings (SSSR count). The minimum absolute atomic E-state index is 0.187. The van der Waals surface area contributed by atoms with Gasteiger partial charge in [0.05, 0.1) is 11.1 Å². The molecule has 112 valence electrons. The second-order valence-corrected chi connectivity index (χ2v) is 7.00. The van der Waals surface area contributed by atoms with E-state index < -0.39 is 0 Å². The van der Waals surface area contributed by atoms with Gasteiger partial charge >= 0.3 is 0 Å². The molecule has 21 heavy (non-hydrogen) atoms. The van der Waals surface area contributed by atoms with Crippen LogP contribution in [0.25, 0.3) is 10.1 Å². The molecule has 2 unspecified atom stereocenters. The van der Waals surface area contributed by atoms with Crippen molar-refractivity contribution >= 4 is 33.0 Å². The van der Waals surface area contributed by atoms with Crippen LogP contribution >= 0.6 is 11.3 Å². The van der Waals surface area contributed by atoms with Gasteiger partial charge < -0.3 is 11.1 Å². The monoisotopic (exact) mass is 306 g/mol. The Morgan fingerprint density at radius 2 is 2.29 bits per heavy atom. The van der Waals surface area contributed by atoms with Crippen LogP contribution in [0.15, 0.2) is 18.2 Å². The van der Waals surface area contributed by atoms with Crippen molar-refractivity contribution in [3.63, 3.8) is 0 Å². The van der Waals surface area contributed by atoms with Crippen molar-refractivity contribution in [1.29, 1.82) is 0 Å². The largest absolute Gasteiger partial charge is 0.397 e. The fraction of sp³-hybridized carbons (Fsp3) is 0.438. The number of anilines is 1. The standard InChI is InChI=1S/C16H19FN2OS/c1-9-5-6-10(7-9)8-19-16(20)15-14(18)13-11(17)3-2-4-12(13)21-15/h2-4,9-10H,5-8,18H2,1H3,(H,19,20). The lowest BCUT2D eigenvalue weighted by Crippen LogP contribution is -2.28. The highest BCUT2D eigenvalue weighted by Gasteiger charge is 2.23. The molecule has 1 saturated carbocycles. The molecule has 2 atom stereocenters. The summed E-state index contributed by atoms with van der Waals surface area (Å²) in [5.74, 6) is 0.740. The number of thiophene rings is 1. The fourth-order valence-corrected chi connectivity index (χ4v) is 4.18. The summed E-state index contributed by atoms with van der Waals surface area (Å²) in [5.41, 5.74) is 6.21. The number of fused-ring (bicyclic) bond motifs is 1. The lowest BCUT2D eigenvalue weighted by atomic mass is 10.1. The number of nitrogens with one attached hydrogen (secondary N) is 1. The number of nitrogens with two attached hydrogens (primary N) is 1. The van der Waals surface area contributed by atoms with Crippen molar-refractivity contribution in [1.82, 2.24) is 5.32 Å². The molecule has 0 bridgehead atoms.